The highest BCUT2D eigenvalue weighted by molar-refractivity contribution is 5.82. The molecule has 1 fully saturated rings. The Balaban J connectivity index is 1.98. The normalized spacial score (nSPS) is 14.5. The van der Waals surface area contributed by atoms with E-state index in [1.54, 1.807) is 12.3 Å². The van der Waals surface area contributed by atoms with Gasteiger partial charge in [-0.1, -0.05) is 0 Å². The predicted molar refractivity (Wildman–Crippen MR) is 89.1 cm³/mol. The summed E-state index contributed by atoms with van der Waals surface area (Å²) in [6.45, 7) is 1.71. The summed E-state index contributed by atoms with van der Waals surface area (Å²) in [4.78, 5) is 12.3. The number of halogens is 1. The number of aliphatic hydroxyl groups is 1. The third kappa shape index (κ3) is 2.43. The molecule has 1 aliphatic rings. The summed E-state index contributed by atoms with van der Waals surface area (Å²) in [5.41, 5.74) is 2.46. The van der Waals surface area contributed by atoms with E-state index in [-0.39, 0.29) is 18.5 Å². The van der Waals surface area contributed by atoms with Gasteiger partial charge in [-0.15, -0.1) is 0 Å². The SMILES string of the molecule is Cc1cc(=O)c2cc(F)c(CCO)cc2n1-c1cnn(C2CC2)c1. The van der Waals surface area contributed by atoms with Crippen molar-refractivity contribution in [2.24, 2.45) is 0 Å². The summed E-state index contributed by atoms with van der Waals surface area (Å²) in [6, 6.07) is 4.91. The molecular weight excluding hydrogens is 309 g/mol. The van der Waals surface area contributed by atoms with E-state index in [0.29, 0.717) is 22.5 Å². The van der Waals surface area contributed by atoms with Crippen LogP contribution in [0.2, 0.25) is 0 Å². The Morgan fingerprint density at radius 2 is 2.12 bits per heavy atom. The molecule has 5 nitrogen and oxygen atoms in total. The predicted octanol–water partition coefficient (Wildman–Crippen LogP) is 2.50. The summed E-state index contributed by atoms with van der Waals surface area (Å²) >= 11 is 0. The molecule has 0 saturated heterocycles. The molecule has 3 aromatic rings. The molecule has 0 unspecified atom stereocenters. The van der Waals surface area contributed by atoms with Gasteiger partial charge in [-0.3, -0.25) is 9.48 Å². The molecule has 0 amide bonds. The van der Waals surface area contributed by atoms with Crippen molar-refractivity contribution in [2.75, 3.05) is 6.61 Å². The van der Waals surface area contributed by atoms with Gasteiger partial charge in [-0.2, -0.15) is 5.10 Å². The van der Waals surface area contributed by atoms with Crippen LogP contribution in [-0.2, 0) is 6.42 Å². The molecule has 6 heteroatoms. The number of aromatic nitrogens is 3. The molecular formula is C18H18FN3O2. The Kier molecular flexibility index (Phi) is 3.49. The molecule has 0 bridgehead atoms. The van der Waals surface area contributed by atoms with E-state index >= 15 is 0 Å². The fourth-order valence-corrected chi connectivity index (χ4v) is 3.15. The number of benzene rings is 1. The Bertz CT molecular complexity index is 986. The van der Waals surface area contributed by atoms with E-state index in [2.05, 4.69) is 5.10 Å². The maximum absolute atomic E-state index is 14.2. The third-order valence-corrected chi connectivity index (χ3v) is 4.51. The fraction of sp³-hybridized carbons (Fsp3) is 0.333. The van der Waals surface area contributed by atoms with Gasteiger partial charge in [0.1, 0.15) is 5.82 Å². The summed E-state index contributed by atoms with van der Waals surface area (Å²) in [5, 5.41) is 13.9. The molecule has 24 heavy (non-hydrogen) atoms. The van der Waals surface area contributed by atoms with Gasteiger partial charge in [0.05, 0.1) is 23.4 Å². The lowest BCUT2D eigenvalue weighted by Gasteiger charge is -2.14. The van der Waals surface area contributed by atoms with Crippen LogP contribution in [0.5, 0.6) is 0 Å². The Morgan fingerprint density at radius 1 is 1.33 bits per heavy atom. The van der Waals surface area contributed by atoms with E-state index in [1.165, 1.54) is 12.1 Å². The minimum absolute atomic E-state index is 0.141. The lowest BCUT2D eigenvalue weighted by atomic mass is 10.1. The van der Waals surface area contributed by atoms with Crippen molar-refractivity contribution >= 4 is 10.9 Å². The lowest BCUT2D eigenvalue weighted by Crippen LogP contribution is -2.12. The van der Waals surface area contributed by atoms with Crippen LogP contribution in [0.3, 0.4) is 0 Å². The largest absolute Gasteiger partial charge is 0.396 e. The second-order valence-electron chi connectivity index (χ2n) is 6.33. The first-order valence-corrected chi connectivity index (χ1v) is 8.08. The van der Waals surface area contributed by atoms with Gasteiger partial charge in [0.2, 0.25) is 0 Å². The van der Waals surface area contributed by atoms with Crippen LogP contribution in [0.25, 0.3) is 16.6 Å². The van der Waals surface area contributed by atoms with Crippen LogP contribution in [0.4, 0.5) is 4.39 Å². The monoisotopic (exact) mass is 327 g/mol. The van der Waals surface area contributed by atoms with Gasteiger partial charge >= 0.3 is 0 Å². The van der Waals surface area contributed by atoms with Gasteiger partial charge in [-0.25, -0.2) is 4.39 Å². The molecule has 1 aliphatic carbocycles. The van der Waals surface area contributed by atoms with Crippen molar-refractivity contribution in [3.05, 3.63) is 57.9 Å². The first kappa shape index (κ1) is 15.1. The highest BCUT2D eigenvalue weighted by Gasteiger charge is 2.24. The van der Waals surface area contributed by atoms with Crippen LogP contribution in [-0.4, -0.2) is 26.1 Å². The maximum atomic E-state index is 14.2. The highest BCUT2D eigenvalue weighted by Crippen LogP contribution is 2.34. The minimum Gasteiger partial charge on any atom is -0.396 e. The molecule has 1 aromatic carbocycles. The zero-order valence-corrected chi connectivity index (χ0v) is 13.4. The molecule has 0 radical (unpaired) electrons. The van der Waals surface area contributed by atoms with Crippen molar-refractivity contribution in [1.82, 2.24) is 14.3 Å². The number of aryl methyl sites for hydroxylation is 1. The molecule has 0 atom stereocenters. The second-order valence-corrected chi connectivity index (χ2v) is 6.33. The van der Waals surface area contributed by atoms with Crippen LogP contribution in [0.15, 0.2) is 35.4 Å². The van der Waals surface area contributed by atoms with Crippen LogP contribution >= 0.6 is 0 Å². The van der Waals surface area contributed by atoms with Crippen molar-refractivity contribution in [3.8, 4) is 5.69 Å². The third-order valence-electron chi connectivity index (χ3n) is 4.51. The summed E-state index contributed by atoms with van der Waals surface area (Å²) in [7, 11) is 0. The number of nitrogens with zero attached hydrogens (tertiary/aromatic N) is 3. The number of rotatable bonds is 4. The first-order valence-electron chi connectivity index (χ1n) is 8.08. The Hall–Kier alpha value is -2.47. The van der Waals surface area contributed by atoms with Crippen LogP contribution in [0.1, 0.15) is 30.1 Å². The molecule has 1 N–H and O–H groups in total. The van der Waals surface area contributed by atoms with E-state index < -0.39 is 5.82 Å². The number of hydrogen-bond acceptors (Lipinski definition) is 3. The summed E-state index contributed by atoms with van der Waals surface area (Å²) < 4.78 is 18.0. The summed E-state index contributed by atoms with van der Waals surface area (Å²) in [6.07, 6.45) is 6.22. The number of aliphatic hydroxyl groups excluding tert-OH is 1. The van der Waals surface area contributed by atoms with Crippen molar-refractivity contribution in [1.29, 1.82) is 0 Å². The zero-order chi connectivity index (χ0) is 16.8. The van der Waals surface area contributed by atoms with Crippen molar-refractivity contribution in [3.63, 3.8) is 0 Å². The molecule has 0 spiro atoms. The number of fused-ring (bicyclic) bond motifs is 1. The molecule has 1 saturated carbocycles. The average Bonchev–Trinajstić information content (AvgIpc) is 3.28. The van der Waals surface area contributed by atoms with E-state index in [9.17, 15) is 9.18 Å². The topological polar surface area (TPSA) is 60.0 Å². The van der Waals surface area contributed by atoms with Gasteiger partial charge < -0.3 is 9.67 Å². The average molecular weight is 327 g/mol. The number of hydrogen-bond donors (Lipinski definition) is 1. The van der Waals surface area contributed by atoms with Crippen molar-refractivity contribution in [2.45, 2.75) is 32.2 Å². The minimum atomic E-state index is -0.460. The van der Waals surface area contributed by atoms with E-state index in [0.717, 1.165) is 24.2 Å². The van der Waals surface area contributed by atoms with Crippen LogP contribution < -0.4 is 5.43 Å². The number of pyridine rings is 1. The first-order chi connectivity index (χ1) is 11.6. The Morgan fingerprint density at radius 3 is 2.83 bits per heavy atom. The van der Waals surface area contributed by atoms with Gasteiger partial charge in [0, 0.05) is 30.0 Å². The van der Waals surface area contributed by atoms with Gasteiger partial charge in [-0.05, 0) is 43.9 Å². The standard InChI is InChI=1S/C18H18FN3O2/c1-11-6-18(24)15-8-16(19)12(4-5-23)7-17(15)22(11)14-9-20-21(10-14)13-2-3-13/h6-10,13,23H,2-5H2,1H3. The van der Waals surface area contributed by atoms with Gasteiger partial charge in [0.15, 0.2) is 5.43 Å². The lowest BCUT2D eigenvalue weighted by molar-refractivity contribution is 0.298. The fourth-order valence-electron chi connectivity index (χ4n) is 3.15. The molecule has 2 heterocycles. The quantitative estimate of drug-likeness (QED) is 0.801. The summed E-state index contributed by atoms with van der Waals surface area (Å²) in [5.74, 6) is -0.460. The maximum Gasteiger partial charge on any atom is 0.189 e. The van der Waals surface area contributed by atoms with Gasteiger partial charge in [0.25, 0.3) is 0 Å². The van der Waals surface area contributed by atoms with Crippen molar-refractivity contribution < 1.29 is 9.50 Å². The zero-order valence-electron chi connectivity index (χ0n) is 13.4. The second kappa shape index (κ2) is 5.56. The van der Waals surface area contributed by atoms with Crippen LogP contribution in [0, 0.1) is 12.7 Å². The molecule has 2 aromatic heterocycles. The smallest absolute Gasteiger partial charge is 0.189 e. The highest BCUT2D eigenvalue weighted by atomic mass is 19.1. The molecule has 0 aliphatic heterocycles. The Labute approximate surface area is 138 Å². The molecule has 4 rings (SSSR count). The van der Waals surface area contributed by atoms with E-state index in [1.807, 2.05) is 22.4 Å². The van der Waals surface area contributed by atoms with E-state index in [4.69, 9.17) is 5.11 Å². The molecule has 124 valence electrons.